The van der Waals surface area contributed by atoms with Gasteiger partial charge in [0.15, 0.2) is 6.61 Å². The first-order valence-electron chi connectivity index (χ1n) is 4.22. The lowest BCUT2D eigenvalue weighted by atomic mass is 10.5. The molecule has 0 saturated carbocycles. The second-order valence-corrected chi connectivity index (χ2v) is 3.06. The molecule has 0 unspecified atom stereocenters. The Morgan fingerprint density at radius 3 is 2.86 bits per heavy atom. The first-order valence-corrected chi connectivity index (χ1v) is 4.22. The summed E-state index contributed by atoms with van der Waals surface area (Å²) in [5.74, 6) is -0.116. The minimum absolute atomic E-state index is 0.0313. The Morgan fingerprint density at radius 2 is 2.29 bits per heavy atom. The van der Waals surface area contributed by atoms with E-state index in [1.807, 2.05) is 6.92 Å². The summed E-state index contributed by atoms with van der Waals surface area (Å²) in [5, 5.41) is 0. The number of carbonyl (C=O) groups is 1. The number of rotatable bonds is 3. The Balaban J connectivity index is 2.50. The smallest absolute Gasteiger partial charge is 0.317 e. The fourth-order valence-electron chi connectivity index (χ4n) is 0.751. The van der Waals surface area contributed by atoms with E-state index in [0.717, 1.165) is 5.69 Å². The number of carbonyl (C=O) groups excluding carboxylic acids is 1. The summed E-state index contributed by atoms with van der Waals surface area (Å²) in [7, 11) is 3.34. The fourth-order valence-corrected chi connectivity index (χ4v) is 0.751. The molecule has 0 aliphatic heterocycles. The Hall–Kier alpha value is -1.65. The van der Waals surface area contributed by atoms with Crippen LogP contribution in [0.3, 0.4) is 0 Å². The molecular weight excluding hydrogens is 182 g/mol. The summed E-state index contributed by atoms with van der Waals surface area (Å²) in [6, 6.07) is 2.00. The zero-order chi connectivity index (χ0) is 10.6. The quantitative estimate of drug-likeness (QED) is 0.693. The molecule has 0 radical (unpaired) electrons. The molecule has 5 heteroatoms. The fraction of sp³-hybridized carbons (Fsp3) is 0.444. The van der Waals surface area contributed by atoms with E-state index >= 15 is 0 Å². The molecule has 1 amide bonds. The molecule has 0 fully saturated rings. The third-order valence-electron chi connectivity index (χ3n) is 1.60. The maximum Gasteiger partial charge on any atom is 0.317 e. The van der Waals surface area contributed by atoms with Crippen LogP contribution in [0.2, 0.25) is 0 Å². The van der Waals surface area contributed by atoms with Crippen LogP contribution in [0.4, 0.5) is 0 Å². The van der Waals surface area contributed by atoms with Gasteiger partial charge in [-0.2, -0.15) is 0 Å². The minimum Gasteiger partial charge on any atom is -0.453 e. The molecule has 0 saturated heterocycles. The topological polar surface area (TPSA) is 55.3 Å². The second kappa shape index (κ2) is 4.55. The SMILES string of the molecule is Cc1ccnc(OCC(=O)N(C)C)n1. The highest BCUT2D eigenvalue weighted by atomic mass is 16.5. The van der Waals surface area contributed by atoms with E-state index in [4.69, 9.17) is 4.74 Å². The van der Waals surface area contributed by atoms with E-state index < -0.39 is 0 Å². The maximum atomic E-state index is 11.1. The monoisotopic (exact) mass is 195 g/mol. The second-order valence-electron chi connectivity index (χ2n) is 3.06. The van der Waals surface area contributed by atoms with Crippen molar-refractivity contribution in [1.29, 1.82) is 0 Å². The molecule has 1 aromatic heterocycles. The van der Waals surface area contributed by atoms with Crippen molar-refractivity contribution in [2.45, 2.75) is 6.92 Å². The van der Waals surface area contributed by atoms with Crippen LogP contribution in [0.5, 0.6) is 6.01 Å². The summed E-state index contributed by atoms with van der Waals surface area (Å²) in [4.78, 5) is 20.5. The number of ether oxygens (including phenoxy) is 1. The average molecular weight is 195 g/mol. The van der Waals surface area contributed by atoms with Gasteiger partial charge in [-0.25, -0.2) is 9.97 Å². The van der Waals surface area contributed by atoms with E-state index in [9.17, 15) is 4.79 Å². The van der Waals surface area contributed by atoms with Gasteiger partial charge in [0.2, 0.25) is 0 Å². The highest BCUT2D eigenvalue weighted by molar-refractivity contribution is 5.76. The van der Waals surface area contributed by atoms with Crippen LogP contribution in [0, 0.1) is 6.92 Å². The van der Waals surface area contributed by atoms with Crippen molar-refractivity contribution < 1.29 is 9.53 Å². The van der Waals surface area contributed by atoms with E-state index in [1.165, 1.54) is 4.90 Å². The van der Waals surface area contributed by atoms with Gasteiger partial charge in [0.25, 0.3) is 5.91 Å². The number of amides is 1. The van der Waals surface area contributed by atoms with Gasteiger partial charge in [0.1, 0.15) is 0 Å². The van der Waals surface area contributed by atoms with Crippen molar-refractivity contribution in [2.24, 2.45) is 0 Å². The molecule has 0 N–H and O–H groups in total. The standard InChI is InChI=1S/C9H13N3O2/c1-7-4-5-10-9(11-7)14-6-8(13)12(2)3/h4-5H,6H2,1-3H3. The average Bonchev–Trinajstić information content (AvgIpc) is 2.14. The lowest BCUT2D eigenvalue weighted by Gasteiger charge is -2.09. The van der Waals surface area contributed by atoms with Crippen LogP contribution >= 0.6 is 0 Å². The first-order chi connectivity index (χ1) is 6.59. The lowest BCUT2D eigenvalue weighted by molar-refractivity contribution is -0.130. The minimum atomic E-state index is -0.116. The van der Waals surface area contributed by atoms with Crippen LogP contribution < -0.4 is 4.74 Å². The van der Waals surface area contributed by atoms with Crippen molar-refractivity contribution in [1.82, 2.24) is 14.9 Å². The van der Waals surface area contributed by atoms with Gasteiger partial charge in [-0.3, -0.25) is 4.79 Å². The summed E-state index contributed by atoms with van der Waals surface area (Å²) >= 11 is 0. The molecule has 0 aliphatic rings. The Bertz CT molecular complexity index is 326. The van der Waals surface area contributed by atoms with Gasteiger partial charge >= 0.3 is 6.01 Å². The van der Waals surface area contributed by atoms with Crippen LogP contribution in [-0.4, -0.2) is 41.5 Å². The maximum absolute atomic E-state index is 11.1. The molecule has 1 heterocycles. The Kier molecular flexibility index (Phi) is 3.39. The van der Waals surface area contributed by atoms with Crippen molar-refractivity contribution in [3.05, 3.63) is 18.0 Å². The van der Waals surface area contributed by atoms with E-state index in [2.05, 4.69) is 9.97 Å². The number of hydrogen-bond acceptors (Lipinski definition) is 4. The van der Waals surface area contributed by atoms with Crippen LogP contribution in [-0.2, 0) is 4.79 Å². The molecule has 0 aliphatic carbocycles. The molecule has 0 aromatic carbocycles. The summed E-state index contributed by atoms with van der Waals surface area (Å²) in [5.41, 5.74) is 0.812. The van der Waals surface area contributed by atoms with Crippen LogP contribution in [0.25, 0.3) is 0 Å². The zero-order valence-electron chi connectivity index (χ0n) is 8.52. The Labute approximate surface area is 82.7 Å². The normalized spacial score (nSPS) is 9.64. The predicted molar refractivity (Wildman–Crippen MR) is 51.0 cm³/mol. The lowest BCUT2D eigenvalue weighted by Crippen LogP contribution is -2.27. The first kappa shape index (κ1) is 10.4. The van der Waals surface area contributed by atoms with Crippen molar-refractivity contribution in [2.75, 3.05) is 20.7 Å². The van der Waals surface area contributed by atoms with E-state index in [0.29, 0.717) is 0 Å². The van der Waals surface area contributed by atoms with Crippen molar-refractivity contribution >= 4 is 5.91 Å². The molecule has 76 valence electrons. The number of nitrogens with zero attached hydrogens (tertiary/aromatic N) is 3. The number of aryl methyl sites for hydroxylation is 1. The van der Waals surface area contributed by atoms with E-state index in [1.54, 1.807) is 26.4 Å². The van der Waals surface area contributed by atoms with Gasteiger partial charge in [-0.15, -0.1) is 0 Å². The summed E-state index contributed by atoms with van der Waals surface area (Å²) in [6.45, 7) is 1.80. The zero-order valence-corrected chi connectivity index (χ0v) is 8.52. The Morgan fingerprint density at radius 1 is 1.57 bits per heavy atom. The molecular formula is C9H13N3O2. The molecule has 0 spiro atoms. The molecule has 1 rings (SSSR count). The number of aromatic nitrogens is 2. The van der Waals surface area contributed by atoms with E-state index in [-0.39, 0.29) is 18.5 Å². The summed E-state index contributed by atoms with van der Waals surface area (Å²) < 4.78 is 5.10. The van der Waals surface area contributed by atoms with Crippen molar-refractivity contribution in [3.63, 3.8) is 0 Å². The van der Waals surface area contributed by atoms with Crippen LogP contribution in [0.15, 0.2) is 12.3 Å². The highest BCUT2D eigenvalue weighted by Gasteiger charge is 2.05. The molecule has 14 heavy (non-hydrogen) atoms. The van der Waals surface area contributed by atoms with Gasteiger partial charge < -0.3 is 9.64 Å². The number of hydrogen-bond donors (Lipinski definition) is 0. The van der Waals surface area contributed by atoms with Crippen LogP contribution in [0.1, 0.15) is 5.69 Å². The molecule has 5 nitrogen and oxygen atoms in total. The predicted octanol–water partition coefficient (Wildman–Crippen LogP) is 0.252. The summed E-state index contributed by atoms with van der Waals surface area (Å²) in [6.07, 6.45) is 1.60. The van der Waals surface area contributed by atoms with Gasteiger partial charge in [-0.05, 0) is 13.0 Å². The third-order valence-corrected chi connectivity index (χ3v) is 1.60. The van der Waals surface area contributed by atoms with Crippen molar-refractivity contribution in [3.8, 4) is 6.01 Å². The highest BCUT2D eigenvalue weighted by Crippen LogP contribution is 2.01. The van der Waals surface area contributed by atoms with Gasteiger partial charge in [-0.1, -0.05) is 0 Å². The molecule has 0 bridgehead atoms. The molecule has 1 aromatic rings. The third kappa shape index (κ3) is 3.01. The van der Waals surface area contributed by atoms with Gasteiger partial charge in [0, 0.05) is 26.0 Å². The molecule has 0 atom stereocenters. The van der Waals surface area contributed by atoms with Gasteiger partial charge in [0.05, 0.1) is 0 Å². The number of likely N-dealkylation sites (N-methyl/N-ethyl adjacent to an activating group) is 1. The largest absolute Gasteiger partial charge is 0.453 e.